The molecule has 0 spiro atoms. The Bertz CT molecular complexity index is 1700. The number of esters is 2. The predicted octanol–water partition coefficient (Wildman–Crippen LogP) is -0.463. The molecule has 0 unspecified atom stereocenters. The van der Waals surface area contributed by atoms with Crippen LogP contribution in [-0.4, -0.2) is 55.3 Å². The molecule has 0 bridgehead atoms. The highest BCUT2D eigenvalue weighted by Crippen LogP contribution is 2.20. The normalized spacial score (nSPS) is 11.8. The summed E-state index contributed by atoms with van der Waals surface area (Å²) in [5.41, 5.74) is -0.0358. The molecule has 0 fully saturated rings. The van der Waals surface area contributed by atoms with Crippen LogP contribution < -0.4 is 16.1 Å². The summed E-state index contributed by atoms with van der Waals surface area (Å²) < 4.78 is 15.1. The van der Waals surface area contributed by atoms with Crippen molar-refractivity contribution >= 4 is 50.6 Å². The van der Waals surface area contributed by atoms with Gasteiger partial charge < -0.3 is 18.6 Å². The lowest BCUT2D eigenvalue weighted by Crippen LogP contribution is -2.37. The molecule has 0 radical (unpaired) electrons. The van der Waals surface area contributed by atoms with Gasteiger partial charge in [0.25, 0.3) is 11.5 Å². The summed E-state index contributed by atoms with van der Waals surface area (Å²) in [4.78, 5) is 70.0. The van der Waals surface area contributed by atoms with Crippen LogP contribution >= 0.6 is 11.3 Å². The molecule has 14 heteroatoms. The molecule has 182 valence electrons. The van der Waals surface area contributed by atoms with Gasteiger partial charge in [-0.2, -0.15) is 4.99 Å². The molecule has 0 aliphatic rings. The third kappa shape index (κ3) is 4.19. The number of methoxy groups -OCH3 is 2. The van der Waals surface area contributed by atoms with Crippen molar-refractivity contribution in [3.8, 4) is 0 Å². The molecule has 3 heterocycles. The van der Waals surface area contributed by atoms with E-state index in [0.717, 1.165) is 15.9 Å². The van der Waals surface area contributed by atoms with E-state index in [2.05, 4.69) is 9.98 Å². The van der Waals surface area contributed by atoms with Crippen molar-refractivity contribution in [1.29, 1.82) is 0 Å². The maximum atomic E-state index is 12.9. The van der Waals surface area contributed by atoms with Gasteiger partial charge in [0.15, 0.2) is 16.0 Å². The van der Waals surface area contributed by atoms with Gasteiger partial charge in [0.05, 0.1) is 36.3 Å². The van der Waals surface area contributed by atoms with Crippen LogP contribution in [0.1, 0.15) is 10.4 Å². The van der Waals surface area contributed by atoms with Crippen molar-refractivity contribution < 1.29 is 23.9 Å². The molecule has 4 rings (SSSR count). The van der Waals surface area contributed by atoms with Gasteiger partial charge in [-0.05, 0) is 18.2 Å². The molecule has 0 aliphatic carbocycles. The third-order valence-electron chi connectivity index (χ3n) is 5.36. The van der Waals surface area contributed by atoms with Crippen molar-refractivity contribution in [3.05, 3.63) is 55.7 Å². The minimum Gasteiger partial charge on any atom is -0.468 e. The van der Waals surface area contributed by atoms with E-state index in [4.69, 9.17) is 9.47 Å². The molecule has 0 saturated heterocycles. The average Bonchev–Trinajstić information content (AvgIpc) is 3.41. The van der Waals surface area contributed by atoms with E-state index in [-0.39, 0.29) is 29.1 Å². The first-order valence-corrected chi connectivity index (χ1v) is 10.9. The summed E-state index contributed by atoms with van der Waals surface area (Å²) in [5.74, 6) is -1.71. The van der Waals surface area contributed by atoms with E-state index in [9.17, 15) is 24.0 Å². The van der Waals surface area contributed by atoms with E-state index in [1.54, 1.807) is 12.1 Å². The number of hydrogen-bond acceptors (Lipinski definition) is 9. The number of rotatable bonds is 5. The Kier molecular flexibility index (Phi) is 6.22. The highest BCUT2D eigenvalue weighted by atomic mass is 32.1. The largest absolute Gasteiger partial charge is 0.468 e. The molecule has 0 aliphatic heterocycles. The zero-order valence-electron chi connectivity index (χ0n) is 19.2. The predicted molar refractivity (Wildman–Crippen MR) is 124 cm³/mol. The quantitative estimate of drug-likeness (QED) is 0.334. The number of thiazole rings is 1. The number of imidazole rings is 1. The van der Waals surface area contributed by atoms with Gasteiger partial charge in [-0.15, -0.1) is 0 Å². The molecular weight excluding hydrogens is 480 g/mol. The Balaban J connectivity index is 1.80. The molecule has 0 N–H and O–H groups in total. The molecule has 1 amide bonds. The van der Waals surface area contributed by atoms with Crippen LogP contribution in [0.3, 0.4) is 0 Å². The molecule has 3 aromatic heterocycles. The van der Waals surface area contributed by atoms with Crippen LogP contribution in [0.15, 0.2) is 39.1 Å². The van der Waals surface area contributed by atoms with Gasteiger partial charge >= 0.3 is 17.6 Å². The molecule has 4 aromatic rings. The summed E-state index contributed by atoms with van der Waals surface area (Å²) in [6.07, 6.45) is 1.29. The fraction of sp³-hybridized carbons (Fsp3) is 0.286. The smallest absolute Gasteiger partial charge is 0.337 e. The molecule has 0 atom stereocenters. The van der Waals surface area contributed by atoms with E-state index < -0.39 is 29.1 Å². The summed E-state index contributed by atoms with van der Waals surface area (Å²) in [5, 5.41) is 0. The lowest BCUT2D eigenvalue weighted by molar-refractivity contribution is -0.141. The van der Waals surface area contributed by atoms with E-state index >= 15 is 0 Å². The van der Waals surface area contributed by atoms with Crippen LogP contribution in [0.2, 0.25) is 0 Å². The van der Waals surface area contributed by atoms with Gasteiger partial charge in [0, 0.05) is 14.1 Å². The number of hydrogen-bond donors (Lipinski definition) is 0. The van der Waals surface area contributed by atoms with Crippen molar-refractivity contribution in [1.82, 2.24) is 23.3 Å². The van der Waals surface area contributed by atoms with Crippen LogP contribution in [-0.2, 0) is 46.2 Å². The number of amides is 1. The summed E-state index contributed by atoms with van der Waals surface area (Å²) >= 11 is 1.10. The summed E-state index contributed by atoms with van der Waals surface area (Å²) in [6.45, 7) is -0.541. The number of benzene rings is 1. The topological polar surface area (TPSA) is 149 Å². The lowest BCUT2D eigenvalue weighted by Gasteiger charge is -2.05. The van der Waals surface area contributed by atoms with E-state index in [0.29, 0.717) is 15.8 Å². The fourth-order valence-electron chi connectivity index (χ4n) is 3.55. The van der Waals surface area contributed by atoms with E-state index in [1.807, 2.05) is 0 Å². The first kappa shape index (κ1) is 23.8. The second-order valence-corrected chi connectivity index (χ2v) is 8.49. The zero-order valence-corrected chi connectivity index (χ0v) is 20.0. The zero-order chi connectivity index (χ0) is 25.4. The highest BCUT2D eigenvalue weighted by molar-refractivity contribution is 7.16. The second kappa shape index (κ2) is 9.13. The minimum absolute atomic E-state index is 0.0830. The Morgan fingerprint density at radius 1 is 1.06 bits per heavy atom. The maximum absolute atomic E-state index is 12.9. The molecular formula is C21H20N6O7S. The van der Waals surface area contributed by atoms with Crippen LogP contribution in [0, 0.1) is 0 Å². The number of aromatic nitrogens is 5. The Hall–Kier alpha value is -4.33. The van der Waals surface area contributed by atoms with Crippen molar-refractivity contribution in [2.45, 2.75) is 13.1 Å². The fourth-order valence-corrected chi connectivity index (χ4v) is 4.64. The standard InChI is InChI=1S/C21H20N6O7S/c1-24-17-16(18(30)25(2)21(24)32)26(10-22-17)8-14(28)23-20-27(9-15(29)33-3)12-6-5-11(19(31)34-4)7-13(12)35-20/h5-7,10H,8-9H2,1-4H3. The van der Waals surface area contributed by atoms with Crippen molar-refractivity contribution in [3.63, 3.8) is 0 Å². The number of aryl methyl sites for hydroxylation is 1. The third-order valence-corrected chi connectivity index (χ3v) is 6.40. The number of ether oxygens (including phenoxy) is 2. The molecule has 0 saturated carbocycles. The van der Waals surface area contributed by atoms with Gasteiger partial charge in [0.1, 0.15) is 13.1 Å². The van der Waals surface area contributed by atoms with Crippen LogP contribution in [0.25, 0.3) is 21.4 Å². The Morgan fingerprint density at radius 2 is 1.80 bits per heavy atom. The number of carbonyl (C=O) groups excluding carboxylic acids is 3. The van der Waals surface area contributed by atoms with Gasteiger partial charge in [-0.3, -0.25) is 23.5 Å². The first-order valence-electron chi connectivity index (χ1n) is 10.1. The first-order chi connectivity index (χ1) is 16.7. The van der Waals surface area contributed by atoms with Crippen LogP contribution in [0.4, 0.5) is 0 Å². The van der Waals surface area contributed by atoms with Crippen molar-refractivity contribution in [2.75, 3.05) is 14.2 Å². The average molecular weight is 500 g/mol. The highest BCUT2D eigenvalue weighted by Gasteiger charge is 2.17. The SMILES string of the molecule is COC(=O)Cn1c(=NC(=O)Cn2cnc3c2c(=O)n(C)c(=O)n3C)sc2cc(C(=O)OC)ccc21. The summed E-state index contributed by atoms with van der Waals surface area (Å²) in [6, 6.07) is 4.74. The van der Waals surface area contributed by atoms with Gasteiger partial charge in [0.2, 0.25) is 0 Å². The van der Waals surface area contributed by atoms with Crippen LogP contribution in [0.5, 0.6) is 0 Å². The van der Waals surface area contributed by atoms with Crippen molar-refractivity contribution in [2.24, 2.45) is 19.1 Å². The van der Waals surface area contributed by atoms with Gasteiger partial charge in [-0.25, -0.2) is 14.6 Å². The minimum atomic E-state index is -0.626. The number of fused-ring (bicyclic) bond motifs is 2. The summed E-state index contributed by atoms with van der Waals surface area (Å²) in [7, 11) is 5.32. The molecule has 35 heavy (non-hydrogen) atoms. The maximum Gasteiger partial charge on any atom is 0.337 e. The lowest BCUT2D eigenvalue weighted by atomic mass is 10.2. The second-order valence-electron chi connectivity index (χ2n) is 7.48. The molecule has 1 aromatic carbocycles. The Labute approximate surface area is 200 Å². The monoisotopic (exact) mass is 500 g/mol. The van der Waals surface area contributed by atoms with Gasteiger partial charge in [-0.1, -0.05) is 11.3 Å². The number of nitrogens with zero attached hydrogens (tertiary/aromatic N) is 6. The molecule has 13 nitrogen and oxygen atoms in total. The van der Waals surface area contributed by atoms with E-state index in [1.165, 1.54) is 54.4 Å². The Morgan fingerprint density at radius 3 is 2.49 bits per heavy atom. The number of carbonyl (C=O) groups is 3.